The number of piperidine rings is 1. The number of carbonyl (C=O) groups is 2. The molecule has 0 unspecified atom stereocenters. The van der Waals surface area contributed by atoms with Crippen LogP contribution in [0.25, 0.3) is 0 Å². The van der Waals surface area contributed by atoms with Gasteiger partial charge in [-0.2, -0.15) is 0 Å². The lowest BCUT2D eigenvalue weighted by molar-refractivity contribution is 0.0903. The van der Waals surface area contributed by atoms with Crippen LogP contribution in [0, 0.1) is 0 Å². The first kappa shape index (κ1) is 15.6. The second kappa shape index (κ2) is 6.89. The summed E-state index contributed by atoms with van der Waals surface area (Å²) in [7, 11) is 0. The molecule has 5 nitrogen and oxygen atoms in total. The minimum atomic E-state index is -0.102. The second-order valence-electron chi connectivity index (χ2n) is 6.00. The molecule has 6 heteroatoms. The first-order chi connectivity index (χ1) is 10.6. The number of nitrogens with zero attached hydrogens (tertiary/aromatic N) is 1. The molecule has 0 radical (unpaired) electrons. The molecular formula is C16H22N2O3S. The first-order valence-corrected chi connectivity index (χ1v) is 8.70. The van der Waals surface area contributed by atoms with Crippen molar-refractivity contribution in [2.75, 3.05) is 26.3 Å². The van der Waals surface area contributed by atoms with Crippen molar-refractivity contribution in [3.63, 3.8) is 0 Å². The molecule has 1 amide bonds. The average molecular weight is 322 g/mol. The fourth-order valence-electron chi connectivity index (χ4n) is 3.18. The van der Waals surface area contributed by atoms with Gasteiger partial charge in [0.2, 0.25) is 0 Å². The van der Waals surface area contributed by atoms with E-state index in [1.54, 1.807) is 12.1 Å². The SMILES string of the molecule is CC(=O)c1ccc(C(=O)N[C@@H]2COC[C@H]2N2CCCCC2)s1. The van der Waals surface area contributed by atoms with Crippen molar-refractivity contribution >= 4 is 23.0 Å². The highest BCUT2D eigenvalue weighted by Gasteiger charge is 2.34. The Kier molecular flexibility index (Phi) is 4.90. The lowest BCUT2D eigenvalue weighted by Gasteiger charge is -2.34. The molecule has 2 aliphatic rings. The summed E-state index contributed by atoms with van der Waals surface area (Å²) in [6.45, 7) is 4.96. The van der Waals surface area contributed by atoms with E-state index in [1.165, 1.54) is 37.5 Å². The monoisotopic (exact) mass is 322 g/mol. The molecule has 0 aromatic carbocycles. The third kappa shape index (κ3) is 3.39. The van der Waals surface area contributed by atoms with Crippen LogP contribution in [0.1, 0.15) is 45.5 Å². The molecule has 2 atom stereocenters. The molecule has 3 rings (SSSR count). The minimum absolute atomic E-state index is 0.000516. The number of rotatable bonds is 4. The first-order valence-electron chi connectivity index (χ1n) is 7.88. The molecule has 120 valence electrons. The van der Waals surface area contributed by atoms with Crippen molar-refractivity contribution in [2.45, 2.75) is 38.3 Å². The molecule has 0 spiro atoms. The Labute approximate surface area is 134 Å². The molecule has 1 aromatic heterocycles. The number of hydrogen-bond acceptors (Lipinski definition) is 5. The normalized spacial score (nSPS) is 26.0. The molecule has 0 aliphatic carbocycles. The van der Waals surface area contributed by atoms with E-state index >= 15 is 0 Å². The van der Waals surface area contributed by atoms with Gasteiger partial charge in [-0.15, -0.1) is 11.3 Å². The fourth-order valence-corrected chi connectivity index (χ4v) is 3.98. The van der Waals surface area contributed by atoms with E-state index < -0.39 is 0 Å². The molecule has 3 heterocycles. The number of amides is 1. The number of ether oxygens (including phenoxy) is 1. The Balaban J connectivity index is 1.63. The van der Waals surface area contributed by atoms with Gasteiger partial charge in [0.25, 0.3) is 5.91 Å². The summed E-state index contributed by atoms with van der Waals surface area (Å²) in [5.74, 6) is -0.102. The van der Waals surface area contributed by atoms with E-state index in [2.05, 4.69) is 10.2 Å². The topological polar surface area (TPSA) is 58.6 Å². The van der Waals surface area contributed by atoms with E-state index in [0.29, 0.717) is 23.0 Å². The summed E-state index contributed by atoms with van der Waals surface area (Å²) >= 11 is 1.25. The highest BCUT2D eigenvalue weighted by atomic mass is 32.1. The number of nitrogens with one attached hydrogen (secondary N) is 1. The molecule has 2 fully saturated rings. The lowest BCUT2D eigenvalue weighted by Crippen LogP contribution is -2.52. The second-order valence-corrected chi connectivity index (χ2v) is 7.09. The summed E-state index contributed by atoms with van der Waals surface area (Å²) in [6.07, 6.45) is 3.75. The fraction of sp³-hybridized carbons (Fsp3) is 0.625. The van der Waals surface area contributed by atoms with Gasteiger partial charge < -0.3 is 10.1 Å². The Morgan fingerprint density at radius 3 is 2.59 bits per heavy atom. The zero-order chi connectivity index (χ0) is 15.5. The quantitative estimate of drug-likeness (QED) is 0.861. The largest absolute Gasteiger partial charge is 0.378 e. The van der Waals surface area contributed by atoms with Crippen LogP contribution < -0.4 is 5.32 Å². The van der Waals surface area contributed by atoms with Crippen LogP contribution in [0.2, 0.25) is 0 Å². The maximum absolute atomic E-state index is 12.4. The number of hydrogen-bond donors (Lipinski definition) is 1. The highest BCUT2D eigenvalue weighted by Crippen LogP contribution is 2.21. The number of thiophene rings is 1. The third-order valence-corrected chi connectivity index (χ3v) is 5.59. The van der Waals surface area contributed by atoms with Crippen molar-refractivity contribution in [2.24, 2.45) is 0 Å². The van der Waals surface area contributed by atoms with Gasteiger partial charge in [-0.3, -0.25) is 14.5 Å². The molecule has 0 saturated carbocycles. The van der Waals surface area contributed by atoms with Gasteiger partial charge in [0.15, 0.2) is 5.78 Å². The van der Waals surface area contributed by atoms with E-state index in [9.17, 15) is 9.59 Å². The smallest absolute Gasteiger partial charge is 0.261 e. The Bertz CT molecular complexity index is 551. The Morgan fingerprint density at radius 1 is 1.18 bits per heavy atom. The van der Waals surface area contributed by atoms with Gasteiger partial charge in [-0.1, -0.05) is 6.42 Å². The summed E-state index contributed by atoms with van der Waals surface area (Å²) in [4.78, 5) is 27.4. The Hall–Kier alpha value is -1.24. The standard InChI is InChI=1S/C16H22N2O3S/c1-11(19)14-5-6-15(22-14)16(20)17-12-9-21-10-13(12)18-7-3-2-4-8-18/h5-6,12-13H,2-4,7-10H2,1H3,(H,17,20)/t12-,13-/m1/s1. The molecule has 22 heavy (non-hydrogen) atoms. The number of likely N-dealkylation sites (tertiary alicyclic amines) is 1. The predicted octanol–water partition coefficient (Wildman–Crippen LogP) is 1.93. The van der Waals surface area contributed by atoms with Crippen LogP contribution in [0.3, 0.4) is 0 Å². The maximum Gasteiger partial charge on any atom is 0.261 e. The third-order valence-electron chi connectivity index (χ3n) is 4.40. The highest BCUT2D eigenvalue weighted by molar-refractivity contribution is 7.15. The maximum atomic E-state index is 12.4. The average Bonchev–Trinajstić information content (AvgIpc) is 3.17. The molecule has 1 N–H and O–H groups in total. The summed E-state index contributed by atoms with van der Waals surface area (Å²) in [5.41, 5.74) is 0. The zero-order valence-corrected chi connectivity index (χ0v) is 13.7. The van der Waals surface area contributed by atoms with Crippen molar-refractivity contribution in [3.05, 3.63) is 21.9 Å². The molecule has 2 aliphatic heterocycles. The van der Waals surface area contributed by atoms with Crippen LogP contribution >= 0.6 is 11.3 Å². The van der Waals surface area contributed by atoms with E-state index in [0.717, 1.165) is 13.1 Å². The molecule has 1 aromatic rings. The van der Waals surface area contributed by atoms with Crippen LogP contribution in [0.4, 0.5) is 0 Å². The van der Waals surface area contributed by atoms with Crippen molar-refractivity contribution < 1.29 is 14.3 Å². The van der Waals surface area contributed by atoms with Crippen LogP contribution in [0.5, 0.6) is 0 Å². The number of ketones is 1. The van der Waals surface area contributed by atoms with Crippen LogP contribution in [-0.4, -0.2) is 55.0 Å². The van der Waals surface area contributed by atoms with E-state index in [4.69, 9.17) is 4.74 Å². The van der Waals surface area contributed by atoms with Gasteiger partial charge >= 0.3 is 0 Å². The van der Waals surface area contributed by atoms with Gasteiger partial charge in [0.1, 0.15) is 0 Å². The zero-order valence-electron chi connectivity index (χ0n) is 12.8. The summed E-state index contributed by atoms with van der Waals surface area (Å²) < 4.78 is 5.60. The van der Waals surface area contributed by atoms with Crippen LogP contribution in [-0.2, 0) is 4.74 Å². The van der Waals surface area contributed by atoms with Gasteiger partial charge in [-0.05, 0) is 45.0 Å². The summed E-state index contributed by atoms with van der Waals surface area (Å²) in [6, 6.07) is 3.75. The van der Waals surface area contributed by atoms with Gasteiger partial charge in [0.05, 0.1) is 35.1 Å². The van der Waals surface area contributed by atoms with E-state index in [1.807, 2.05) is 0 Å². The predicted molar refractivity (Wildman–Crippen MR) is 85.6 cm³/mol. The Morgan fingerprint density at radius 2 is 1.91 bits per heavy atom. The van der Waals surface area contributed by atoms with Crippen molar-refractivity contribution in [1.29, 1.82) is 0 Å². The van der Waals surface area contributed by atoms with Gasteiger partial charge in [-0.25, -0.2) is 0 Å². The summed E-state index contributed by atoms with van der Waals surface area (Å²) in [5, 5.41) is 3.09. The molecular weight excluding hydrogens is 300 g/mol. The minimum Gasteiger partial charge on any atom is -0.378 e. The molecule has 2 saturated heterocycles. The van der Waals surface area contributed by atoms with Crippen molar-refractivity contribution in [3.8, 4) is 0 Å². The number of Topliss-reactive ketones (excluding diaryl/α,β-unsaturated/α-hetero) is 1. The lowest BCUT2D eigenvalue weighted by atomic mass is 10.0. The molecule has 0 bridgehead atoms. The van der Waals surface area contributed by atoms with Gasteiger partial charge in [0, 0.05) is 0 Å². The number of carbonyl (C=O) groups excluding carboxylic acids is 2. The van der Waals surface area contributed by atoms with E-state index in [-0.39, 0.29) is 23.8 Å². The van der Waals surface area contributed by atoms with Crippen LogP contribution in [0.15, 0.2) is 12.1 Å². The van der Waals surface area contributed by atoms with Crippen molar-refractivity contribution in [1.82, 2.24) is 10.2 Å².